The zero-order chi connectivity index (χ0) is 12.3. The van der Waals surface area contributed by atoms with Crippen molar-refractivity contribution < 1.29 is 9.53 Å². The summed E-state index contributed by atoms with van der Waals surface area (Å²) in [6.45, 7) is 3.39. The van der Waals surface area contributed by atoms with Gasteiger partial charge >= 0.3 is 0 Å². The lowest BCUT2D eigenvalue weighted by molar-refractivity contribution is 0.0423. The van der Waals surface area contributed by atoms with E-state index < -0.39 is 0 Å². The van der Waals surface area contributed by atoms with Crippen LogP contribution in [0, 0.1) is 0 Å². The summed E-state index contributed by atoms with van der Waals surface area (Å²) < 4.78 is 5.29. The van der Waals surface area contributed by atoms with Gasteiger partial charge in [0.05, 0.1) is 5.56 Å². The van der Waals surface area contributed by atoms with E-state index in [0.717, 1.165) is 12.8 Å². The Morgan fingerprint density at radius 3 is 2.88 bits per heavy atom. The van der Waals surface area contributed by atoms with E-state index >= 15 is 0 Å². The number of hydrogen-bond acceptors (Lipinski definition) is 4. The second-order valence-electron chi connectivity index (χ2n) is 4.56. The number of ether oxygens (including phenoxy) is 1. The number of hydrogen-bond donors (Lipinski definition) is 2. The van der Waals surface area contributed by atoms with E-state index in [-0.39, 0.29) is 17.3 Å². The molecule has 92 valence electrons. The summed E-state index contributed by atoms with van der Waals surface area (Å²) in [7, 11) is 0. The Balaban J connectivity index is 2.09. The first-order valence-corrected chi connectivity index (χ1v) is 5.71. The zero-order valence-corrected chi connectivity index (χ0v) is 9.90. The number of aromatic nitrogens is 1. The Morgan fingerprint density at radius 2 is 2.24 bits per heavy atom. The predicted octanol–water partition coefficient (Wildman–Crippen LogP) is 0.963. The van der Waals surface area contributed by atoms with Gasteiger partial charge in [-0.05, 0) is 31.9 Å². The number of amides is 1. The van der Waals surface area contributed by atoms with Gasteiger partial charge in [-0.15, -0.1) is 0 Å². The first-order chi connectivity index (χ1) is 8.11. The molecular formula is C12H17N3O2. The summed E-state index contributed by atoms with van der Waals surface area (Å²) in [5.41, 5.74) is 5.89. The minimum Gasteiger partial charge on any atom is -0.383 e. The molecule has 0 saturated carbocycles. The second kappa shape index (κ2) is 4.71. The molecule has 3 N–H and O–H groups in total. The van der Waals surface area contributed by atoms with E-state index in [2.05, 4.69) is 10.3 Å². The number of anilines is 1. The van der Waals surface area contributed by atoms with Crippen molar-refractivity contribution in [2.45, 2.75) is 25.3 Å². The predicted molar refractivity (Wildman–Crippen MR) is 64.6 cm³/mol. The molecule has 0 spiro atoms. The van der Waals surface area contributed by atoms with E-state index in [1.165, 1.54) is 0 Å². The van der Waals surface area contributed by atoms with Crippen LogP contribution >= 0.6 is 0 Å². The molecule has 5 heteroatoms. The first-order valence-electron chi connectivity index (χ1n) is 5.71. The van der Waals surface area contributed by atoms with Gasteiger partial charge in [-0.2, -0.15) is 0 Å². The standard InChI is InChI=1S/C12H17N3O2/c1-12(4-7-17-8-5-12)15-11(16)9-3-2-6-14-10(9)13/h2-3,6H,4-5,7-8H2,1H3,(H2,13,14)(H,15,16). The molecule has 0 bridgehead atoms. The third-order valence-corrected chi connectivity index (χ3v) is 3.09. The lowest BCUT2D eigenvalue weighted by atomic mass is 9.92. The Morgan fingerprint density at radius 1 is 1.53 bits per heavy atom. The van der Waals surface area contributed by atoms with Crippen LogP contribution in [0.15, 0.2) is 18.3 Å². The molecule has 1 aliphatic heterocycles. The number of nitrogens with two attached hydrogens (primary N) is 1. The summed E-state index contributed by atoms with van der Waals surface area (Å²) in [5.74, 6) is 0.0978. The van der Waals surface area contributed by atoms with E-state index in [1.807, 2.05) is 6.92 Å². The fourth-order valence-electron chi connectivity index (χ4n) is 1.90. The van der Waals surface area contributed by atoms with Crippen LogP contribution in [0.5, 0.6) is 0 Å². The van der Waals surface area contributed by atoms with Crippen molar-refractivity contribution in [3.05, 3.63) is 23.9 Å². The average Bonchev–Trinajstić information content (AvgIpc) is 2.29. The summed E-state index contributed by atoms with van der Waals surface area (Å²) in [4.78, 5) is 16.0. The molecule has 1 aliphatic rings. The molecule has 2 rings (SSSR count). The molecule has 1 amide bonds. The third kappa shape index (κ3) is 2.74. The molecule has 5 nitrogen and oxygen atoms in total. The normalized spacial score (nSPS) is 18.6. The van der Waals surface area contributed by atoms with Gasteiger partial charge in [-0.25, -0.2) is 4.98 Å². The number of nitrogens with one attached hydrogen (secondary N) is 1. The van der Waals surface area contributed by atoms with Crippen molar-refractivity contribution in [2.24, 2.45) is 0 Å². The van der Waals surface area contributed by atoms with Gasteiger partial charge in [-0.1, -0.05) is 0 Å². The van der Waals surface area contributed by atoms with Crippen molar-refractivity contribution in [3.8, 4) is 0 Å². The number of nitrogens with zero attached hydrogens (tertiary/aromatic N) is 1. The topological polar surface area (TPSA) is 77.2 Å². The zero-order valence-electron chi connectivity index (χ0n) is 9.90. The largest absolute Gasteiger partial charge is 0.383 e. The number of carbonyl (C=O) groups excluding carboxylic acids is 1. The number of nitrogen functional groups attached to an aromatic ring is 1. The summed E-state index contributed by atoms with van der Waals surface area (Å²) in [6, 6.07) is 3.39. The Labute approximate surface area is 100 Å². The Bertz CT molecular complexity index is 414. The molecule has 1 aromatic heterocycles. The fraction of sp³-hybridized carbons (Fsp3) is 0.500. The molecule has 0 atom stereocenters. The molecule has 0 aromatic carbocycles. The van der Waals surface area contributed by atoms with Crippen LogP contribution in [-0.2, 0) is 4.74 Å². The van der Waals surface area contributed by atoms with Crippen LogP contribution in [0.2, 0.25) is 0 Å². The Hall–Kier alpha value is -1.62. The van der Waals surface area contributed by atoms with E-state index in [1.54, 1.807) is 18.3 Å². The van der Waals surface area contributed by atoms with E-state index in [0.29, 0.717) is 18.8 Å². The van der Waals surface area contributed by atoms with Crippen LogP contribution in [-0.4, -0.2) is 29.6 Å². The lowest BCUT2D eigenvalue weighted by Crippen LogP contribution is -2.49. The maximum Gasteiger partial charge on any atom is 0.255 e. The van der Waals surface area contributed by atoms with Gasteiger partial charge in [0.1, 0.15) is 5.82 Å². The van der Waals surface area contributed by atoms with E-state index in [9.17, 15) is 4.79 Å². The SMILES string of the molecule is CC1(NC(=O)c2cccnc2N)CCOCC1. The minimum atomic E-state index is -0.211. The van der Waals surface area contributed by atoms with E-state index in [4.69, 9.17) is 10.5 Å². The summed E-state index contributed by atoms with van der Waals surface area (Å²) in [5, 5.41) is 3.01. The summed E-state index contributed by atoms with van der Waals surface area (Å²) >= 11 is 0. The first kappa shape index (κ1) is 11.9. The number of pyridine rings is 1. The van der Waals surface area contributed by atoms with Gasteiger partial charge in [0, 0.05) is 24.9 Å². The Kier molecular flexibility index (Phi) is 3.28. The van der Waals surface area contributed by atoms with Crippen LogP contribution in [0.1, 0.15) is 30.1 Å². The fourth-order valence-corrected chi connectivity index (χ4v) is 1.90. The molecule has 0 radical (unpaired) electrons. The molecule has 1 fully saturated rings. The maximum absolute atomic E-state index is 12.1. The van der Waals surface area contributed by atoms with Gasteiger partial charge in [-0.3, -0.25) is 4.79 Å². The smallest absolute Gasteiger partial charge is 0.255 e. The molecule has 0 unspecified atom stereocenters. The van der Waals surface area contributed by atoms with Gasteiger partial charge in [0.25, 0.3) is 5.91 Å². The van der Waals surface area contributed by atoms with Crippen LogP contribution in [0.25, 0.3) is 0 Å². The monoisotopic (exact) mass is 235 g/mol. The average molecular weight is 235 g/mol. The van der Waals surface area contributed by atoms with Crippen molar-refractivity contribution >= 4 is 11.7 Å². The van der Waals surface area contributed by atoms with Crippen LogP contribution in [0.3, 0.4) is 0 Å². The highest BCUT2D eigenvalue weighted by Gasteiger charge is 2.29. The molecule has 1 saturated heterocycles. The van der Waals surface area contributed by atoms with Crippen molar-refractivity contribution in [3.63, 3.8) is 0 Å². The molecule has 2 heterocycles. The van der Waals surface area contributed by atoms with Gasteiger partial charge in [0.15, 0.2) is 0 Å². The maximum atomic E-state index is 12.1. The number of carbonyl (C=O) groups is 1. The van der Waals surface area contributed by atoms with Gasteiger partial charge < -0.3 is 15.8 Å². The van der Waals surface area contributed by atoms with Crippen LogP contribution in [0.4, 0.5) is 5.82 Å². The van der Waals surface area contributed by atoms with Crippen molar-refractivity contribution in [2.75, 3.05) is 18.9 Å². The highest BCUT2D eigenvalue weighted by molar-refractivity contribution is 5.98. The highest BCUT2D eigenvalue weighted by Crippen LogP contribution is 2.20. The van der Waals surface area contributed by atoms with Crippen molar-refractivity contribution in [1.29, 1.82) is 0 Å². The lowest BCUT2D eigenvalue weighted by Gasteiger charge is -2.34. The van der Waals surface area contributed by atoms with Crippen molar-refractivity contribution in [1.82, 2.24) is 10.3 Å². The number of rotatable bonds is 2. The minimum absolute atomic E-state index is 0.167. The molecule has 0 aliphatic carbocycles. The highest BCUT2D eigenvalue weighted by atomic mass is 16.5. The quantitative estimate of drug-likeness (QED) is 0.800. The van der Waals surface area contributed by atoms with Crippen LogP contribution < -0.4 is 11.1 Å². The third-order valence-electron chi connectivity index (χ3n) is 3.09. The summed E-state index contributed by atoms with van der Waals surface area (Å²) in [6.07, 6.45) is 3.21. The molecular weight excluding hydrogens is 218 g/mol. The van der Waals surface area contributed by atoms with Gasteiger partial charge in [0.2, 0.25) is 0 Å². The molecule has 1 aromatic rings. The second-order valence-corrected chi connectivity index (χ2v) is 4.56. The molecule has 17 heavy (non-hydrogen) atoms.